The van der Waals surface area contributed by atoms with E-state index in [0.29, 0.717) is 12.2 Å². The second-order valence-corrected chi connectivity index (χ2v) is 3.95. The topological polar surface area (TPSA) is 48.4 Å². The monoisotopic (exact) mass is 251 g/mol. The number of hydrogen-bond acceptors (Lipinski definition) is 3. The van der Waals surface area contributed by atoms with Gasteiger partial charge in [-0.3, -0.25) is 0 Å². The highest BCUT2D eigenvalue weighted by Crippen LogP contribution is 2.21. The van der Waals surface area contributed by atoms with Gasteiger partial charge in [0.1, 0.15) is 18.1 Å². The summed E-state index contributed by atoms with van der Waals surface area (Å²) in [6, 6.07) is 1.36. The van der Waals surface area contributed by atoms with Crippen LogP contribution in [0, 0.1) is 13.8 Å². The summed E-state index contributed by atoms with van der Waals surface area (Å²) in [5, 5.41) is 0. The van der Waals surface area contributed by atoms with E-state index < -0.39 is 18.8 Å². The van der Waals surface area contributed by atoms with Crippen LogP contribution in [0.25, 0.3) is 0 Å². The van der Waals surface area contributed by atoms with Crippen molar-refractivity contribution >= 4 is 0 Å². The van der Waals surface area contributed by atoms with Gasteiger partial charge in [0.05, 0.1) is 6.04 Å². The van der Waals surface area contributed by atoms with Gasteiger partial charge in [-0.2, -0.15) is 13.2 Å². The van der Waals surface area contributed by atoms with Crippen molar-refractivity contribution in [1.29, 1.82) is 0 Å². The van der Waals surface area contributed by atoms with Gasteiger partial charge in [0, 0.05) is 6.61 Å². The third-order valence-corrected chi connectivity index (χ3v) is 2.39. The molecule has 1 aromatic heterocycles. The minimum Gasteiger partial charge on any atom is -0.464 e. The Bertz CT molecular complexity index is 341. The van der Waals surface area contributed by atoms with Crippen LogP contribution in [0.5, 0.6) is 0 Å². The van der Waals surface area contributed by atoms with Crippen molar-refractivity contribution in [3.8, 4) is 0 Å². The lowest BCUT2D eigenvalue weighted by molar-refractivity contribution is -0.174. The molecule has 0 aromatic carbocycles. The molecule has 0 spiro atoms. The van der Waals surface area contributed by atoms with Gasteiger partial charge in [-0.15, -0.1) is 0 Å². The molecule has 0 amide bonds. The molecule has 2 N–H and O–H groups in total. The molecule has 0 fully saturated rings. The summed E-state index contributed by atoms with van der Waals surface area (Å²) in [7, 11) is 0. The molecule has 1 atom stereocenters. The molecule has 0 saturated heterocycles. The molecule has 98 valence electrons. The highest BCUT2D eigenvalue weighted by molar-refractivity contribution is 5.20. The molecule has 3 nitrogen and oxygen atoms in total. The van der Waals surface area contributed by atoms with Gasteiger partial charge in [-0.05, 0) is 31.9 Å². The van der Waals surface area contributed by atoms with Gasteiger partial charge in [0.25, 0.3) is 0 Å². The predicted octanol–water partition coefficient (Wildman–Crippen LogP) is 2.87. The summed E-state index contributed by atoms with van der Waals surface area (Å²) >= 11 is 0. The van der Waals surface area contributed by atoms with Crippen LogP contribution in [0.15, 0.2) is 10.5 Å². The maximum absolute atomic E-state index is 11.8. The number of nitrogens with two attached hydrogens (primary N) is 1. The predicted molar refractivity (Wildman–Crippen MR) is 56.6 cm³/mol. The summed E-state index contributed by atoms with van der Waals surface area (Å²) in [5.41, 5.74) is 6.75. The van der Waals surface area contributed by atoms with E-state index >= 15 is 0 Å². The average Bonchev–Trinajstić information content (AvgIpc) is 2.52. The summed E-state index contributed by atoms with van der Waals surface area (Å²) in [4.78, 5) is 0. The Labute approximate surface area is 97.7 Å². The molecule has 0 aliphatic heterocycles. The highest BCUT2D eigenvalue weighted by atomic mass is 19.4. The summed E-state index contributed by atoms with van der Waals surface area (Å²) in [5.74, 6) is 1.35. The zero-order valence-electron chi connectivity index (χ0n) is 9.80. The number of hydrogen-bond donors (Lipinski definition) is 1. The Morgan fingerprint density at radius 1 is 1.41 bits per heavy atom. The van der Waals surface area contributed by atoms with Crippen molar-refractivity contribution < 1.29 is 22.3 Å². The van der Waals surface area contributed by atoms with E-state index in [2.05, 4.69) is 4.74 Å². The molecule has 17 heavy (non-hydrogen) atoms. The van der Waals surface area contributed by atoms with Crippen LogP contribution in [-0.2, 0) is 4.74 Å². The number of halogens is 3. The van der Waals surface area contributed by atoms with Crippen molar-refractivity contribution in [1.82, 2.24) is 0 Å². The first-order chi connectivity index (χ1) is 7.79. The molecule has 1 unspecified atom stereocenters. The van der Waals surface area contributed by atoms with E-state index in [1.807, 2.05) is 13.8 Å². The van der Waals surface area contributed by atoms with E-state index in [9.17, 15) is 13.2 Å². The third-order valence-electron chi connectivity index (χ3n) is 2.39. The molecule has 1 rings (SSSR count). The van der Waals surface area contributed by atoms with Crippen LogP contribution >= 0.6 is 0 Å². The van der Waals surface area contributed by atoms with E-state index in [1.54, 1.807) is 6.07 Å². The zero-order chi connectivity index (χ0) is 13.1. The SMILES string of the molecule is Cc1cc(C(N)CCOCC(F)(F)F)oc1C. The first-order valence-corrected chi connectivity index (χ1v) is 5.26. The van der Waals surface area contributed by atoms with Gasteiger partial charge in [-0.25, -0.2) is 0 Å². The van der Waals surface area contributed by atoms with Gasteiger partial charge in [-0.1, -0.05) is 0 Å². The quantitative estimate of drug-likeness (QED) is 0.818. The summed E-state index contributed by atoms with van der Waals surface area (Å²) in [6.45, 7) is 2.41. The minimum atomic E-state index is -4.29. The number of ether oxygens (including phenoxy) is 1. The Hall–Kier alpha value is -1.01. The highest BCUT2D eigenvalue weighted by Gasteiger charge is 2.27. The van der Waals surface area contributed by atoms with E-state index in [1.165, 1.54) is 0 Å². The largest absolute Gasteiger partial charge is 0.464 e. The molecule has 0 radical (unpaired) electrons. The number of furan rings is 1. The average molecular weight is 251 g/mol. The number of alkyl halides is 3. The van der Waals surface area contributed by atoms with Crippen LogP contribution in [0.3, 0.4) is 0 Å². The normalized spacial score (nSPS) is 14.0. The molecular formula is C11H16F3NO2. The molecule has 0 saturated carbocycles. The smallest absolute Gasteiger partial charge is 0.411 e. The van der Waals surface area contributed by atoms with E-state index in [4.69, 9.17) is 10.2 Å². The Kier molecular flexibility index (Phi) is 4.59. The summed E-state index contributed by atoms with van der Waals surface area (Å²) < 4.78 is 45.2. The fourth-order valence-electron chi connectivity index (χ4n) is 1.32. The number of aryl methyl sites for hydroxylation is 2. The summed E-state index contributed by atoms with van der Waals surface area (Å²) in [6.07, 6.45) is -4.00. The lowest BCUT2D eigenvalue weighted by Gasteiger charge is -2.10. The van der Waals surface area contributed by atoms with Crippen LogP contribution in [0.4, 0.5) is 13.2 Å². The van der Waals surface area contributed by atoms with Gasteiger partial charge in [0.2, 0.25) is 0 Å². The van der Waals surface area contributed by atoms with Crippen LogP contribution in [0.2, 0.25) is 0 Å². The fraction of sp³-hybridized carbons (Fsp3) is 0.636. The number of rotatable bonds is 5. The first kappa shape index (κ1) is 14.1. The molecule has 0 aliphatic carbocycles. The lowest BCUT2D eigenvalue weighted by atomic mass is 10.1. The molecule has 0 aliphatic rings. The van der Waals surface area contributed by atoms with Crippen molar-refractivity contribution in [3.63, 3.8) is 0 Å². The molecule has 6 heteroatoms. The molecular weight excluding hydrogens is 235 g/mol. The second kappa shape index (κ2) is 5.55. The fourth-order valence-corrected chi connectivity index (χ4v) is 1.32. The Balaban J connectivity index is 2.33. The maximum atomic E-state index is 11.8. The van der Waals surface area contributed by atoms with Crippen LogP contribution in [-0.4, -0.2) is 19.4 Å². The van der Waals surface area contributed by atoms with Crippen LogP contribution < -0.4 is 5.73 Å². The maximum Gasteiger partial charge on any atom is 0.411 e. The Morgan fingerprint density at radius 2 is 2.06 bits per heavy atom. The van der Waals surface area contributed by atoms with Gasteiger partial charge < -0.3 is 14.9 Å². The van der Waals surface area contributed by atoms with Crippen LogP contribution in [0.1, 0.15) is 29.5 Å². The molecule has 1 heterocycles. The lowest BCUT2D eigenvalue weighted by Crippen LogP contribution is -2.19. The third kappa shape index (κ3) is 4.79. The van der Waals surface area contributed by atoms with Crippen molar-refractivity contribution in [2.75, 3.05) is 13.2 Å². The first-order valence-electron chi connectivity index (χ1n) is 5.26. The van der Waals surface area contributed by atoms with Gasteiger partial charge in [0.15, 0.2) is 0 Å². The molecule has 1 aromatic rings. The second-order valence-electron chi connectivity index (χ2n) is 3.95. The Morgan fingerprint density at radius 3 is 2.53 bits per heavy atom. The van der Waals surface area contributed by atoms with Crippen molar-refractivity contribution in [2.24, 2.45) is 5.73 Å². The molecule has 0 bridgehead atoms. The van der Waals surface area contributed by atoms with E-state index in [0.717, 1.165) is 11.3 Å². The standard InChI is InChI=1S/C11H16F3NO2/c1-7-5-10(17-8(7)2)9(15)3-4-16-6-11(12,13)14/h5,9H,3-4,6,15H2,1-2H3. The van der Waals surface area contributed by atoms with Gasteiger partial charge >= 0.3 is 6.18 Å². The zero-order valence-corrected chi connectivity index (χ0v) is 9.80. The minimum absolute atomic E-state index is 0.0422. The van der Waals surface area contributed by atoms with Crippen molar-refractivity contribution in [2.45, 2.75) is 32.5 Å². The van der Waals surface area contributed by atoms with Crippen molar-refractivity contribution in [3.05, 3.63) is 23.2 Å². The van der Waals surface area contributed by atoms with E-state index in [-0.39, 0.29) is 6.61 Å².